The van der Waals surface area contributed by atoms with Crippen molar-refractivity contribution in [3.63, 3.8) is 0 Å². The van der Waals surface area contributed by atoms with Crippen molar-refractivity contribution in [2.75, 3.05) is 12.4 Å². The molecule has 2 aromatic heterocycles. The van der Waals surface area contributed by atoms with E-state index in [-0.39, 0.29) is 5.91 Å². The summed E-state index contributed by atoms with van der Waals surface area (Å²) < 4.78 is 7.16. The molecule has 2 aromatic carbocycles. The first-order valence-corrected chi connectivity index (χ1v) is 9.05. The zero-order valence-corrected chi connectivity index (χ0v) is 15.5. The molecule has 0 aliphatic carbocycles. The zero-order chi connectivity index (χ0) is 19.3. The smallest absolute Gasteiger partial charge is 0.224 e. The molecule has 140 valence electrons. The fraction of sp³-hybridized carbons (Fsp3) is 0.136. The predicted octanol–water partition coefficient (Wildman–Crippen LogP) is 4.00. The lowest BCUT2D eigenvalue weighted by Crippen LogP contribution is -2.12. The number of para-hydroxylation sites is 1. The van der Waals surface area contributed by atoms with Crippen LogP contribution in [0.5, 0.6) is 5.75 Å². The van der Waals surface area contributed by atoms with Gasteiger partial charge < -0.3 is 10.1 Å². The number of hydrogen-bond acceptors (Lipinski definition) is 4. The van der Waals surface area contributed by atoms with Gasteiger partial charge in [0.15, 0.2) is 0 Å². The third-order valence-corrected chi connectivity index (χ3v) is 4.52. The first kappa shape index (κ1) is 17.7. The molecule has 1 amide bonds. The maximum Gasteiger partial charge on any atom is 0.224 e. The van der Waals surface area contributed by atoms with E-state index in [0.29, 0.717) is 18.6 Å². The van der Waals surface area contributed by atoms with Crippen molar-refractivity contribution in [1.82, 2.24) is 14.8 Å². The van der Waals surface area contributed by atoms with E-state index in [9.17, 15) is 4.79 Å². The Balaban J connectivity index is 1.43. The van der Waals surface area contributed by atoms with Crippen molar-refractivity contribution < 1.29 is 9.53 Å². The SMILES string of the molecule is COc1ccc(NC(=O)CCc2cnn(-c3ccccc3)c2)c2cccnc12. The van der Waals surface area contributed by atoms with Crippen LogP contribution in [0.25, 0.3) is 16.6 Å². The largest absolute Gasteiger partial charge is 0.494 e. The molecule has 1 N–H and O–H groups in total. The molecule has 0 saturated heterocycles. The lowest BCUT2D eigenvalue weighted by atomic mass is 10.1. The third-order valence-electron chi connectivity index (χ3n) is 4.52. The Bertz CT molecular complexity index is 1110. The molecule has 6 nitrogen and oxygen atoms in total. The molecule has 0 aliphatic rings. The van der Waals surface area contributed by atoms with E-state index in [1.165, 1.54) is 0 Å². The number of nitrogens with one attached hydrogen (secondary N) is 1. The van der Waals surface area contributed by atoms with Gasteiger partial charge in [0.25, 0.3) is 0 Å². The maximum absolute atomic E-state index is 12.5. The highest BCUT2D eigenvalue weighted by Gasteiger charge is 2.11. The number of methoxy groups -OCH3 is 1. The van der Waals surface area contributed by atoms with Gasteiger partial charge in [0.1, 0.15) is 11.3 Å². The minimum absolute atomic E-state index is 0.0530. The van der Waals surface area contributed by atoms with Gasteiger partial charge in [-0.1, -0.05) is 18.2 Å². The van der Waals surface area contributed by atoms with E-state index in [1.807, 2.05) is 65.5 Å². The molecular weight excluding hydrogens is 352 g/mol. The average Bonchev–Trinajstić information content (AvgIpc) is 3.22. The number of amides is 1. The normalized spacial score (nSPS) is 10.8. The van der Waals surface area contributed by atoms with Gasteiger partial charge >= 0.3 is 0 Å². The minimum atomic E-state index is -0.0530. The Hall–Kier alpha value is -3.67. The number of benzene rings is 2. The fourth-order valence-corrected chi connectivity index (χ4v) is 3.10. The molecule has 0 unspecified atom stereocenters. The summed E-state index contributed by atoms with van der Waals surface area (Å²) in [5.74, 6) is 0.629. The number of nitrogens with zero attached hydrogens (tertiary/aromatic N) is 3. The molecule has 0 fully saturated rings. The summed E-state index contributed by atoms with van der Waals surface area (Å²) in [6.07, 6.45) is 6.45. The summed E-state index contributed by atoms with van der Waals surface area (Å²) in [4.78, 5) is 16.8. The van der Waals surface area contributed by atoms with E-state index in [2.05, 4.69) is 15.4 Å². The minimum Gasteiger partial charge on any atom is -0.494 e. The lowest BCUT2D eigenvalue weighted by Gasteiger charge is -2.10. The number of pyridine rings is 1. The van der Waals surface area contributed by atoms with E-state index >= 15 is 0 Å². The quantitative estimate of drug-likeness (QED) is 0.555. The van der Waals surface area contributed by atoms with E-state index < -0.39 is 0 Å². The van der Waals surface area contributed by atoms with Crippen LogP contribution in [0.2, 0.25) is 0 Å². The Morgan fingerprint density at radius 2 is 1.96 bits per heavy atom. The average molecular weight is 372 g/mol. The van der Waals surface area contributed by atoms with Gasteiger partial charge in [0, 0.05) is 24.2 Å². The molecule has 6 heteroatoms. The maximum atomic E-state index is 12.5. The number of carbonyl (C=O) groups excluding carboxylic acids is 1. The van der Waals surface area contributed by atoms with Crippen LogP contribution in [0.4, 0.5) is 5.69 Å². The lowest BCUT2D eigenvalue weighted by molar-refractivity contribution is -0.116. The third kappa shape index (κ3) is 3.71. The Labute approximate surface area is 162 Å². The molecular formula is C22H20N4O2. The van der Waals surface area contributed by atoms with Gasteiger partial charge in [-0.2, -0.15) is 5.10 Å². The molecule has 0 aliphatic heterocycles. The number of aromatic nitrogens is 3. The van der Waals surface area contributed by atoms with Crippen molar-refractivity contribution in [1.29, 1.82) is 0 Å². The van der Waals surface area contributed by atoms with Crippen LogP contribution < -0.4 is 10.1 Å². The van der Waals surface area contributed by atoms with Crippen molar-refractivity contribution in [3.05, 3.63) is 78.8 Å². The molecule has 2 heterocycles. The summed E-state index contributed by atoms with van der Waals surface area (Å²) in [5, 5.41) is 8.21. The van der Waals surface area contributed by atoms with E-state index in [0.717, 1.165) is 27.8 Å². The molecule has 0 atom stereocenters. The second-order valence-corrected chi connectivity index (χ2v) is 6.39. The first-order valence-electron chi connectivity index (χ1n) is 9.05. The molecule has 0 bridgehead atoms. The summed E-state index contributed by atoms with van der Waals surface area (Å²) in [5.41, 5.74) is 3.47. The number of fused-ring (bicyclic) bond motifs is 1. The number of rotatable bonds is 6. The Kier molecular flexibility index (Phi) is 5.01. The van der Waals surface area contributed by atoms with E-state index in [1.54, 1.807) is 19.5 Å². The summed E-state index contributed by atoms with van der Waals surface area (Å²) in [6.45, 7) is 0. The van der Waals surface area contributed by atoms with Crippen LogP contribution >= 0.6 is 0 Å². The molecule has 4 rings (SSSR count). The zero-order valence-electron chi connectivity index (χ0n) is 15.5. The highest BCUT2D eigenvalue weighted by Crippen LogP contribution is 2.29. The van der Waals surface area contributed by atoms with Crippen LogP contribution in [-0.2, 0) is 11.2 Å². The summed E-state index contributed by atoms with van der Waals surface area (Å²) >= 11 is 0. The second-order valence-electron chi connectivity index (χ2n) is 6.39. The Morgan fingerprint density at radius 3 is 2.79 bits per heavy atom. The van der Waals surface area contributed by atoms with Gasteiger partial charge in [-0.3, -0.25) is 9.78 Å². The molecule has 28 heavy (non-hydrogen) atoms. The van der Waals surface area contributed by atoms with Crippen molar-refractivity contribution in [2.45, 2.75) is 12.8 Å². The Morgan fingerprint density at radius 1 is 1.11 bits per heavy atom. The van der Waals surface area contributed by atoms with Gasteiger partial charge in [0.05, 0.1) is 24.7 Å². The number of ether oxygens (including phenoxy) is 1. The highest BCUT2D eigenvalue weighted by atomic mass is 16.5. The van der Waals surface area contributed by atoms with Gasteiger partial charge in [-0.15, -0.1) is 0 Å². The molecule has 0 saturated carbocycles. The van der Waals surface area contributed by atoms with Crippen LogP contribution in [0.15, 0.2) is 73.2 Å². The van der Waals surface area contributed by atoms with Gasteiger partial charge in [-0.05, 0) is 48.4 Å². The van der Waals surface area contributed by atoms with Crippen molar-refractivity contribution in [2.24, 2.45) is 0 Å². The number of aryl methyl sites for hydroxylation is 1. The highest BCUT2D eigenvalue weighted by molar-refractivity contribution is 6.02. The van der Waals surface area contributed by atoms with Gasteiger partial charge in [0.2, 0.25) is 5.91 Å². The molecule has 0 spiro atoms. The van der Waals surface area contributed by atoms with Crippen LogP contribution in [-0.4, -0.2) is 27.8 Å². The number of carbonyl (C=O) groups is 1. The molecule has 4 aromatic rings. The van der Waals surface area contributed by atoms with Gasteiger partial charge in [-0.25, -0.2) is 4.68 Å². The second kappa shape index (κ2) is 7.92. The molecule has 0 radical (unpaired) electrons. The standard InChI is InChI=1S/C22H20N4O2/c1-28-20-11-10-19(18-8-5-13-23-22(18)20)25-21(27)12-9-16-14-24-26(15-16)17-6-3-2-4-7-17/h2-8,10-11,13-15H,9,12H2,1H3,(H,25,27). The van der Waals surface area contributed by atoms with Crippen molar-refractivity contribution in [3.8, 4) is 11.4 Å². The monoisotopic (exact) mass is 372 g/mol. The summed E-state index contributed by atoms with van der Waals surface area (Å²) in [7, 11) is 1.61. The van der Waals surface area contributed by atoms with Crippen LogP contribution in [0.1, 0.15) is 12.0 Å². The van der Waals surface area contributed by atoms with Crippen molar-refractivity contribution >= 4 is 22.5 Å². The predicted molar refractivity (Wildman–Crippen MR) is 109 cm³/mol. The number of hydrogen-bond donors (Lipinski definition) is 1. The van der Waals surface area contributed by atoms with Crippen LogP contribution in [0, 0.1) is 0 Å². The van der Waals surface area contributed by atoms with Crippen LogP contribution in [0.3, 0.4) is 0 Å². The summed E-state index contributed by atoms with van der Waals surface area (Å²) in [6, 6.07) is 17.3. The fourth-order valence-electron chi connectivity index (χ4n) is 3.10. The topological polar surface area (TPSA) is 69.0 Å². The first-order chi connectivity index (χ1) is 13.7. The number of anilines is 1. The van der Waals surface area contributed by atoms with E-state index in [4.69, 9.17) is 4.74 Å².